The standard InChI is InChI=1S/C32H40N2O9/c35-14-12-33-29(37)25-6-3-13-34(25)30(38)21-18-26(28-27(19-21)42-32(43-28,22-7-8-22)23-9-10-23)41-31(39)24-5-2-1-4-20(24)11-16-40-17-15-36/h1-2,4-5,11,16,19,22-23,25-28,35-36H,3,6-10,12-15,17-18H2,(H,33,37). The minimum atomic E-state index is -0.771. The molecule has 1 aromatic carbocycles. The van der Waals surface area contributed by atoms with Crippen LogP contribution in [0.4, 0.5) is 0 Å². The van der Waals surface area contributed by atoms with E-state index in [1.807, 2.05) is 6.08 Å². The average molecular weight is 597 g/mol. The van der Waals surface area contributed by atoms with Gasteiger partial charge in [-0.3, -0.25) is 9.59 Å². The molecule has 5 aliphatic rings. The molecule has 0 radical (unpaired) electrons. The van der Waals surface area contributed by atoms with E-state index in [2.05, 4.69) is 5.32 Å². The molecule has 3 aliphatic carbocycles. The Morgan fingerprint density at radius 2 is 1.81 bits per heavy atom. The number of amides is 2. The molecule has 2 saturated carbocycles. The second kappa shape index (κ2) is 12.8. The maximum atomic E-state index is 13.9. The van der Waals surface area contributed by atoms with E-state index in [0.29, 0.717) is 36.1 Å². The molecule has 4 unspecified atom stereocenters. The molecular weight excluding hydrogens is 556 g/mol. The summed E-state index contributed by atoms with van der Waals surface area (Å²) in [4.78, 5) is 41.9. The fourth-order valence-electron chi connectivity index (χ4n) is 6.59. The third kappa shape index (κ3) is 6.22. The number of ether oxygens (including phenoxy) is 4. The summed E-state index contributed by atoms with van der Waals surface area (Å²) in [6, 6.07) is 6.36. The molecule has 0 bridgehead atoms. The number of likely N-dealkylation sites (tertiary alicyclic amines) is 1. The van der Waals surface area contributed by atoms with Gasteiger partial charge in [-0.25, -0.2) is 4.79 Å². The maximum Gasteiger partial charge on any atom is 0.339 e. The lowest BCUT2D eigenvalue weighted by Gasteiger charge is -2.33. The minimum Gasteiger partial charge on any atom is -0.499 e. The second-order valence-electron chi connectivity index (χ2n) is 11.9. The third-order valence-electron chi connectivity index (χ3n) is 8.90. The van der Waals surface area contributed by atoms with Crippen LogP contribution in [0.5, 0.6) is 0 Å². The van der Waals surface area contributed by atoms with E-state index >= 15 is 0 Å². The molecule has 2 heterocycles. The highest BCUT2D eigenvalue weighted by atomic mass is 16.8. The minimum absolute atomic E-state index is 0.121. The number of aliphatic hydroxyl groups is 2. The maximum absolute atomic E-state index is 13.9. The van der Waals surface area contributed by atoms with Crippen molar-refractivity contribution in [3.05, 3.63) is 53.3 Å². The van der Waals surface area contributed by atoms with Gasteiger partial charge in [0.2, 0.25) is 11.8 Å². The molecule has 3 N–H and O–H groups in total. The largest absolute Gasteiger partial charge is 0.499 e. The van der Waals surface area contributed by atoms with Crippen LogP contribution in [0.3, 0.4) is 0 Å². The van der Waals surface area contributed by atoms with E-state index in [1.54, 1.807) is 35.2 Å². The second-order valence-corrected chi connectivity index (χ2v) is 11.9. The Bertz CT molecular complexity index is 1260. The third-order valence-corrected chi connectivity index (χ3v) is 8.90. The van der Waals surface area contributed by atoms with Gasteiger partial charge in [0.05, 0.1) is 25.0 Å². The Labute approximate surface area is 250 Å². The topological polar surface area (TPSA) is 144 Å². The van der Waals surface area contributed by atoms with E-state index in [0.717, 1.165) is 25.7 Å². The Morgan fingerprint density at radius 1 is 1.05 bits per heavy atom. The number of carbonyl (C=O) groups excluding carboxylic acids is 3. The molecule has 4 atom stereocenters. The van der Waals surface area contributed by atoms with Crippen molar-refractivity contribution in [3.63, 3.8) is 0 Å². The lowest BCUT2D eigenvalue weighted by Crippen LogP contribution is -2.49. The first kappa shape index (κ1) is 29.8. The van der Waals surface area contributed by atoms with Crippen molar-refractivity contribution in [2.24, 2.45) is 11.8 Å². The number of benzene rings is 1. The highest BCUT2D eigenvalue weighted by molar-refractivity contribution is 5.98. The van der Waals surface area contributed by atoms with Crippen LogP contribution >= 0.6 is 0 Å². The first-order chi connectivity index (χ1) is 20.9. The van der Waals surface area contributed by atoms with Crippen LogP contribution in [0.25, 0.3) is 6.08 Å². The van der Waals surface area contributed by atoms with E-state index in [4.69, 9.17) is 29.2 Å². The molecule has 2 amide bonds. The van der Waals surface area contributed by atoms with Crippen molar-refractivity contribution < 1.29 is 43.5 Å². The van der Waals surface area contributed by atoms with Gasteiger partial charge in [-0.1, -0.05) is 18.2 Å². The number of carbonyl (C=O) groups is 3. The van der Waals surface area contributed by atoms with Gasteiger partial charge in [0, 0.05) is 36.9 Å². The molecule has 4 fully saturated rings. The Hall–Kier alpha value is -3.25. The molecule has 0 aromatic heterocycles. The normalized spacial score (nSPS) is 28.0. The van der Waals surface area contributed by atoms with Gasteiger partial charge in [0.25, 0.3) is 0 Å². The van der Waals surface area contributed by atoms with Crippen molar-refractivity contribution in [2.45, 2.75) is 75.1 Å². The van der Waals surface area contributed by atoms with E-state index in [1.165, 1.54) is 6.26 Å². The first-order valence-electron chi connectivity index (χ1n) is 15.4. The van der Waals surface area contributed by atoms with Crippen molar-refractivity contribution in [2.75, 3.05) is 32.9 Å². The number of aliphatic hydroxyl groups excluding tert-OH is 2. The van der Waals surface area contributed by atoms with E-state index < -0.39 is 36.1 Å². The van der Waals surface area contributed by atoms with Gasteiger partial charge in [-0.2, -0.15) is 0 Å². The van der Waals surface area contributed by atoms with Crippen molar-refractivity contribution in [3.8, 4) is 0 Å². The lowest BCUT2D eigenvalue weighted by molar-refractivity contribution is -0.209. The fraction of sp³-hybridized carbons (Fsp3) is 0.594. The number of hydrogen-bond donors (Lipinski definition) is 3. The van der Waals surface area contributed by atoms with Crippen molar-refractivity contribution in [1.29, 1.82) is 0 Å². The van der Waals surface area contributed by atoms with Gasteiger partial charge in [-0.15, -0.1) is 0 Å². The smallest absolute Gasteiger partial charge is 0.339 e. The highest BCUT2D eigenvalue weighted by Gasteiger charge is 2.64. The van der Waals surface area contributed by atoms with Crippen molar-refractivity contribution in [1.82, 2.24) is 10.2 Å². The molecule has 2 aliphatic heterocycles. The number of rotatable bonds is 12. The average Bonchev–Trinajstić information content (AvgIpc) is 3.96. The molecule has 1 aromatic rings. The zero-order valence-corrected chi connectivity index (χ0v) is 24.2. The Balaban J connectivity index is 1.25. The highest BCUT2D eigenvalue weighted by Crippen LogP contribution is 2.59. The summed E-state index contributed by atoms with van der Waals surface area (Å²) in [5.74, 6) is -1.26. The Morgan fingerprint density at radius 3 is 2.53 bits per heavy atom. The predicted molar refractivity (Wildman–Crippen MR) is 153 cm³/mol. The van der Waals surface area contributed by atoms with Gasteiger partial charge in [0.1, 0.15) is 31.0 Å². The fourth-order valence-corrected chi connectivity index (χ4v) is 6.59. The molecule has 0 spiro atoms. The first-order valence-corrected chi connectivity index (χ1v) is 15.4. The molecule has 232 valence electrons. The van der Waals surface area contributed by atoms with Gasteiger partial charge >= 0.3 is 5.97 Å². The number of fused-ring (bicyclic) bond motifs is 1. The summed E-state index contributed by atoms with van der Waals surface area (Å²) in [7, 11) is 0. The monoisotopic (exact) mass is 596 g/mol. The van der Waals surface area contributed by atoms with Crippen LogP contribution in [0, 0.1) is 11.8 Å². The Kier molecular flexibility index (Phi) is 8.85. The van der Waals surface area contributed by atoms with Crippen LogP contribution in [0.1, 0.15) is 60.9 Å². The molecule has 2 saturated heterocycles. The number of nitrogens with one attached hydrogen (secondary N) is 1. The van der Waals surface area contributed by atoms with Crippen LogP contribution in [-0.4, -0.2) is 95.9 Å². The summed E-state index contributed by atoms with van der Waals surface area (Å²) in [6.07, 6.45) is 8.45. The molecule has 11 heteroatoms. The van der Waals surface area contributed by atoms with Crippen LogP contribution < -0.4 is 5.32 Å². The summed E-state index contributed by atoms with van der Waals surface area (Å²) in [5.41, 5.74) is 1.37. The molecule has 11 nitrogen and oxygen atoms in total. The summed E-state index contributed by atoms with van der Waals surface area (Å²) in [5, 5.41) is 20.8. The van der Waals surface area contributed by atoms with Crippen molar-refractivity contribution >= 4 is 23.9 Å². The van der Waals surface area contributed by atoms with Gasteiger partial charge < -0.3 is 39.4 Å². The number of nitrogens with zero attached hydrogens (tertiary/aromatic N) is 1. The SMILES string of the molecule is O=C(OC1CC(C(=O)N2CCCC2C(=O)NCCO)=CC2OC(C3CC3)(C3CC3)OC21)c1ccccc1C=COCCO. The molecule has 43 heavy (non-hydrogen) atoms. The number of hydrogen-bond acceptors (Lipinski definition) is 9. The zero-order valence-electron chi connectivity index (χ0n) is 24.2. The van der Waals surface area contributed by atoms with Crippen LogP contribution in [0.2, 0.25) is 0 Å². The quantitative estimate of drug-likeness (QED) is 0.187. The van der Waals surface area contributed by atoms with E-state index in [-0.39, 0.29) is 56.4 Å². The molecule has 6 rings (SSSR count). The summed E-state index contributed by atoms with van der Waals surface area (Å²) >= 11 is 0. The van der Waals surface area contributed by atoms with E-state index in [9.17, 15) is 14.4 Å². The predicted octanol–water partition coefficient (Wildman–Crippen LogP) is 1.92. The zero-order chi connectivity index (χ0) is 30.0. The van der Waals surface area contributed by atoms with Gasteiger partial charge in [0.15, 0.2) is 5.79 Å². The van der Waals surface area contributed by atoms with Gasteiger partial charge in [-0.05, 0) is 62.3 Å². The van der Waals surface area contributed by atoms with Crippen LogP contribution in [0.15, 0.2) is 42.2 Å². The summed E-state index contributed by atoms with van der Waals surface area (Å²) in [6.45, 7) is 0.406. The number of esters is 1. The molecular formula is C32H40N2O9. The summed E-state index contributed by atoms with van der Waals surface area (Å²) < 4.78 is 24.8. The lowest BCUT2D eigenvalue weighted by atomic mass is 9.91. The van der Waals surface area contributed by atoms with Crippen LogP contribution in [-0.2, 0) is 28.5 Å².